The highest BCUT2D eigenvalue weighted by molar-refractivity contribution is 7.19. The summed E-state index contributed by atoms with van der Waals surface area (Å²) in [6.45, 7) is 8.66. The molecule has 15 nitrogen and oxygen atoms in total. The summed E-state index contributed by atoms with van der Waals surface area (Å²) in [6, 6.07) is 11.4. The molecule has 2 aromatic carbocycles. The Morgan fingerprint density at radius 2 is 1.33 bits per heavy atom. The van der Waals surface area contributed by atoms with Crippen LogP contribution in [0.1, 0.15) is 55.4 Å². The topological polar surface area (TPSA) is 166 Å². The number of nitrogens with one attached hydrogen (secondary N) is 2. The molecule has 0 fully saturated rings. The number of methoxy groups -OCH3 is 2. The first-order chi connectivity index (χ1) is 29.5. The first kappa shape index (κ1) is 42.5. The molecule has 7 aromatic rings. The first-order valence-corrected chi connectivity index (χ1v) is 22.0. The molecule has 318 valence electrons. The normalized spacial score (nSPS) is 14.0. The minimum Gasteiger partial charge on any atom is -0.495 e. The number of fused-ring (bicyclic) bond motifs is 6. The number of hydrogen-bond acceptors (Lipinski definition) is 17. The third-order valence-corrected chi connectivity index (χ3v) is 13.1. The number of thiophene rings is 2. The molecular formula is C42H44Cl2N10O5S2. The zero-order valence-electron chi connectivity index (χ0n) is 34.5. The molecule has 19 heteroatoms. The molecule has 0 unspecified atom stereocenters. The van der Waals surface area contributed by atoms with Crippen LogP contribution in [0.2, 0.25) is 10.0 Å². The quantitative estimate of drug-likeness (QED) is 0.119. The smallest absolute Gasteiger partial charge is 0.376 e. The Kier molecular flexibility index (Phi) is 12.9. The molecule has 61 heavy (non-hydrogen) atoms. The van der Waals surface area contributed by atoms with E-state index >= 15 is 0 Å². The summed E-state index contributed by atoms with van der Waals surface area (Å²) in [5, 5.41) is 14.0. The van der Waals surface area contributed by atoms with E-state index in [9.17, 15) is 4.79 Å². The summed E-state index contributed by atoms with van der Waals surface area (Å²) >= 11 is 15.9. The number of rotatable bonds is 11. The fraction of sp³-hybridized carbons (Fsp3) is 0.357. The van der Waals surface area contributed by atoms with Crippen molar-refractivity contribution in [1.82, 2.24) is 39.9 Å². The van der Waals surface area contributed by atoms with Crippen molar-refractivity contribution in [3.8, 4) is 23.2 Å². The fourth-order valence-corrected chi connectivity index (χ4v) is 10.4. The van der Waals surface area contributed by atoms with Gasteiger partial charge in [-0.25, -0.2) is 24.7 Å². The molecule has 0 spiro atoms. The lowest BCUT2D eigenvalue weighted by Gasteiger charge is -2.22. The van der Waals surface area contributed by atoms with Crippen molar-refractivity contribution < 1.29 is 23.5 Å². The number of halogens is 2. The Hall–Kier alpha value is -5.17. The minimum absolute atomic E-state index is 0.0755. The van der Waals surface area contributed by atoms with E-state index in [1.165, 1.54) is 20.9 Å². The maximum absolute atomic E-state index is 12.3. The van der Waals surface area contributed by atoms with E-state index in [0.717, 1.165) is 76.4 Å². The monoisotopic (exact) mass is 902 g/mol. The van der Waals surface area contributed by atoms with Crippen LogP contribution in [0.15, 0.2) is 40.9 Å². The van der Waals surface area contributed by atoms with Crippen LogP contribution in [0.4, 0.5) is 11.6 Å². The molecule has 0 aliphatic carbocycles. The number of carbonyl (C=O) groups is 1. The molecule has 9 rings (SSSR count). The van der Waals surface area contributed by atoms with Gasteiger partial charge in [0.25, 0.3) is 5.89 Å². The molecule has 0 radical (unpaired) electrons. The van der Waals surface area contributed by atoms with Crippen molar-refractivity contribution in [2.75, 3.05) is 58.6 Å². The lowest BCUT2D eigenvalue weighted by molar-refractivity contribution is 0.0512. The Labute approximate surface area is 370 Å². The summed E-state index contributed by atoms with van der Waals surface area (Å²) in [5.74, 6) is 3.55. The predicted molar refractivity (Wildman–Crippen MR) is 240 cm³/mol. The van der Waals surface area contributed by atoms with Gasteiger partial charge in [0.1, 0.15) is 32.8 Å². The lowest BCUT2D eigenvalue weighted by Crippen LogP contribution is -2.25. The number of hydrogen-bond donors (Lipinski definition) is 2. The first-order valence-electron chi connectivity index (χ1n) is 19.6. The summed E-state index contributed by atoms with van der Waals surface area (Å²) in [6.07, 6.45) is 1.90. The van der Waals surface area contributed by atoms with Gasteiger partial charge >= 0.3 is 5.97 Å². The van der Waals surface area contributed by atoms with Crippen molar-refractivity contribution in [2.24, 2.45) is 0 Å². The molecule has 0 saturated heterocycles. The molecule has 0 atom stereocenters. The molecule has 5 aromatic heterocycles. The second kappa shape index (κ2) is 18.4. The number of nitrogens with zero attached hydrogens (tertiary/aromatic N) is 8. The summed E-state index contributed by atoms with van der Waals surface area (Å²) < 4.78 is 20.9. The van der Waals surface area contributed by atoms with E-state index in [1.54, 1.807) is 50.7 Å². The van der Waals surface area contributed by atoms with E-state index in [4.69, 9.17) is 51.9 Å². The molecule has 2 aliphatic heterocycles. The number of aryl methyl sites for hydroxylation is 1. The number of likely N-dealkylation sites (N-methyl/N-ethyl adjacent to an activating group) is 2. The molecule has 2 N–H and O–H groups in total. The number of anilines is 2. The summed E-state index contributed by atoms with van der Waals surface area (Å²) in [7, 11) is 7.44. The third kappa shape index (κ3) is 9.22. The van der Waals surface area contributed by atoms with Crippen LogP contribution < -0.4 is 20.1 Å². The highest BCUT2D eigenvalue weighted by Crippen LogP contribution is 2.40. The molecule has 0 amide bonds. The van der Waals surface area contributed by atoms with Gasteiger partial charge in [-0.2, -0.15) is 4.98 Å². The van der Waals surface area contributed by atoms with Gasteiger partial charge in [-0.15, -0.1) is 22.7 Å². The summed E-state index contributed by atoms with van der Waals surface area (Å²) in [5.41, 5.74) is 4.59. The van der Waals surface area contributed by atoms with Crippen LogP contribution in [0, 0.1) is 6.92 Å². The SMILES string of the molecule is CCOC(=O)c1nc(NCc2ccc(OC)c(Cl)c2)c2c3c(sc2n1)CN(C)CC3.COc1ccc(CNc2nc(-c3nc(C)no3)nc3sc4c(c23)CCN(C)C4)cc1Cl. The van der Waals surface area contributed by atoms with Gasteiger partial charge in [-0.05, 0) is 87.3 Å². The van der Waals surface area contributed by atoms with Crippen molar-refractivity contribution in [3.05, 3.63) is 90.1 Å². The number of carbonyl (C=O) groups excluding carboxylic acids is 1. The van der Waals surface area contributed by atoms with Gasteiger partial charge in [-0.1, -0.05) is 40.5 Å². The molecule has 7 heterocycles. The van der Waals surface area contributed by atoms with Crippen LogP contribution in [0.3, 0.4) is 0 Å². The largest absolute Gasteiger partial charge is 0.495 e. The van der Waals surface area contributed by atoms with Gasteiger partial charge < -0.3 is 39.2 Å². The Morgan fingerprint density at radius 3 is 1.82 bits per heavy atom. The van der Waals surface area contributed by atoms with E-state index in [0.29, 0.717) is 58.0 Å². The lowest BCUT2D eigenvalue weighted by atomic mass is 10.1. The zero-order valence-corrected chi connectivity index (χ0v) is 37.7. The van der Waals surface area contributed by atoms with E-state index in [1.807, 2.05) is 36.4 Å². The van der Waals surface area contributed by atoms with Gasteiger partial charge in [0.2, 0.25) is 11.6 Å². The van der Waals surface area contributed by atoms with Gasteiger partial charge in [0.15, 0.2) is 5.82 Å². The maximum Gasteiger partial charge on any atom is 0.376 e. The molecule has 2 aliphatic rings. The fourth-order valence-electron chi connectivity index (χ4n) is 7.28. The Balaban J connectivity index is 0.000000169. The standard InChI is InChI=1S/C21H21ClN6O2S.C21H23ClN4O3S/c1-11-24-20(30-27-11)19-25-18(23-9-12-4-5-15(29-3)14(22)8-12)17-13-6-7-28(2)10-16(13)31-21(17)26-19;1-4-29-21(27)19-24-18(23-10-12-5-6-15(28-3)14(22)9-12)17-13-7-8-26(2)11-16(13)30-20(17)25-19/h4-5,8H,6-7,9-10H2,1-3H3,(H,23,25,26);5-6,9H,4,7-8,10-11H2,1-3H3,(H,23,24,25). The average Bonchev–Trinajstić information content (AvgIpc) is 3.96. The van der Waals surface area contributed by atoms with E-state index in [2.05, 4.69) is 54.6 Å². The Morgan fingerprint density at radius 1 is 0.787 bits per heavy atom. The Bertz CT molecular complexity index is 2740. The zero-order chi connectivity index (χ0) is 42.8. The van der Waals surface area contributed by atoms with Gasteiger partial charge in [0, 0.05) is 49.0 Å². The molecule has 0 bridgehead atoms. The van der Waals surface area contributed by atoms with Gasteiger partial charge in [-0.3, -0.25) is 0 Å². The molecular weight excluding hydrogens is 860 g/mol. The van der Waals surface area contributed by atoms with Crippen LogP contribution in [0.5, 0.6) is 11.5 Å². The second-order valence-electron chi connectivity index (χ2n) is 14.6. The minimum atomic E-state index is -0.515. The van der Waals surface area contributed by atoms with E-state index < -0.39 is 5.97 Å². The van der Waals surface area contributed by atoms with Crippen molar-refractivity contribution in [1.29, 1.82) is 0 Å². The van der Waals surface area contributed by atoms with Crippen LogP contribution in [-0.4, -0.2) is 93.9 Å². The number of aromatic nitrogens is 6. The predicted octanol–water partition coefficient (Wildman–Crippen LogP) is 8.44. The van der Waals surface area contributed by atoms with Gasteiger partial charge in [0.05, 0.1) is 41.6 Å². The van der Waals surface area contributed by atoms with Crippen LogP contribution in [-0.2, 0) is 43.8 Å². The average molecular weight is 904 g/mol. The van der Waals surface area contributed by atoms with Crippen molar-refractivity contribution >= 4 is 83.9 Å². The third-order valence-electron chi connectivity index (χ3n) is 10.3. The molecule has 0 saturated carbocycles. The summed E-state index contributed by atoms with van der Waals surface area (Å²) in [4.78, 5) is 44.1. The number of esters is 1. The highest BCUT2D eigenvalue weighted by atomic mass is 35.5. The second-order valence-corrected chi connectivity index (χ2v) is 17.6. The van der Waals surface area contributed by atoms with Crippen LogP contribution >= 0.6 is 45.9 Å². The highest BCUT2D eigenvalue weighted by Gasteiger charge is 2.26. The maximum atomic E-state index is 12.3. The van der Waals surface area contributed by atoms with Crippen molar-refractivity contribution in [3.63, 3.8) is 0 Å². The van der Waals surface area contributed by atoms with Crippen LogP contribution in [0.25, 0.3) is 32.1 Å². The number of ether oxygens (including phenoxy) is 3. The van der Waals surface area contributed by atoms with E-state index in [-0.39, 0.29) is 12.4 Å². The van der Waals surface area contributed by atoms with Crippen molar-refractivity contribution in [2.45, 2.75) is 52.9 Å². The number of benzene rings is 2.